The van der Waals surface area contributed by atoms with Crippen molar-refractivity contribution in [2.24, 2.45) is 0 Å². The minimum atomic E-state index is -0.233. The second-order valence-electron chi connectivity index (χ2n) is 4.07. The SMILES string of the molecule is CNC(Cc1ccc(F)c(Br)c1)c1ccncc1. The Morgan fingerprint density at radius 2 is 2.00 bits per heavy atom. The third-order valence-electron chi connectivity index (χ3n) is 2.88. The van der Waals surface area contributed by atoms with Crippen LogP contribution in [0.2, 0.25) is 0 Å². The van der Waals surface area contributed by atoms with Gasteiger partial charge in [-0.25, -0.2) is 4.39 Å². The first-order chi connectivity index (χ1) is 8.70. The smallest absolute Gasteiger partial charge is 0.137 e. The Bertz CT molecular complexity index is 516. The minimum Gasteiger partial charge on any atom is -0.313 e. The van der Waals surface area contributed by atoms with Gasteiger partial charge in [0.1, 0.15) is 5.82 Å². The van der Waals surface area contributed by atoms with E-state index in [1.165, 1.54) is 11.6 Å². The molecule has 1 unspecified atom stereocenters. The molecule has 2 nitrogen and oxygen atoms in total. The number of nitrogens with one attached hydrogen (secondary N) is 1. The monoisotopic (exact) mass is 308 g/mol. The third-order valence-corrected chi connectivity index (χ3v) is 3.49. The Labute approximate surface area is 114 Å². The van der Waals surface area contributed by atoms with Crippen LogP contribution in [0, 0.1) is 5.82 Å². The van der Waals surface area contributed by atoms with Crippen LogP contribution in [-0.4, -0.2) is 12.0 Å². The van der Waals surface area contributed by atoms with Gasteiger partial charge < -0.3 is 5.32 Å². The molecule has 1 atom stereocenters. The molecule has 0 bridgehead atoms. The Hall–Kier alpha value is -1.26. The number of aromatic nitrogens is 1. The van der Waals surface area contributed by atoms with Crippen molar-refractivity contribution in [3.8, 4) is 0 Å². The molecule has 2 rings (SSSR count). The van der Waals surface area contributed by atoms with Crippen molar-refractivity contribution in [3.05, 3.63) is 64.1 Å². The molecule has 0 fully saturated rings. The topological polar surface area (TPSA) is 24.9 Å². The van der Waals surface area contributed by atoms with Gasteiger partial charge in [-0.3, -0.25) is 4.98 Å². The van der Waals surface area contributed by atoms with E-state index in [0.717, 1.165) is 12.0 Å². The van der Waals surface area contributed by atoms with Gasteiger partial charge in [-0.15, -0.1) is 0 Å². The number of benzene rings is 1. The number of nitrogens with zero attached hydrogens (tertiary/aromatic N) is 1. The number of pyridine rings is 1. The number of hydrogen-bond donors (Lipinski definition) is 1. The van der Waals surface area contributed by atoms with Gasteiger partial charge >= 0.3 is 0 Å². The molecule has 0 saturated carbocycles. The predicted octanol–water partition coefficient (Wildman–Crippen LogP) is 3.49. The normalized spacial score (nSPS) is 12.4. The van der Waals surface area contributed by atoms with Gasteiger partial charge in [0.15, 0.2) is 0 Å². The molecule has 0 saturated heterocycles. The van der Waals surface area contributed by atoms with E-state index in [9.17, 15) is 4.39 Å². The maximum absolute atomic E-state index is 13.2. The van der Waals surface area contributed by atoms with Crippen LogP contribution in [0.5, 0.6) is 0 Å². The van der Waals surface area contributed by atoms with Crippen molar-refractivity contribution >= 4 is 15.9 Å². The van der Waals surface area contributed by atoms with Crippen molar-refractivity contribution < 1.29 is 4.39 Å². The zero-order valence-electron chi connectivity index (χ0n) is 10.0. The molecule has 4 heteroatoms. The fourth-order valence-corrected chi connectivity index (χ4v) is 2.31. The van der Waals surface area contributed by atoms with Crippen LogP contribution in [0.4, 0.5) is 4.39 Å². The molecule has 18 heavy (non-hydrogen) atoms. The fraction of sp³-hybridized carbons (Fsp3) is 0.214. The van der Waals surface area contributed by atoms with Gasteiger partial charge in [-0.2, -0.15) is 0 Å². The highest BCUT2D eigenvalue weighted by atomic mass is 79.9. The van der Waals surface area contributed by atoms with Gasteiger partial charge in [0.05, 0.1) is 4.47 Å². The second kappa shape index (κ2) is 6.07. The molecule has 1 aromatic carbocycles. The number of hydrogen-bond acceptors (Lipinski definition) is 2. The van der Waals surface area contributed by atoms with Crippen molar-refractivity contribution in [3.63, 3.8) is 0 Å². The lowest BCUT2D eigenvalue weighted by molar-refractivity contribution is 0.587. The molecule has 2 aromatic rings. The summed E-state index contributed by atoms with van der Waals surface area (Å²) in [6.07, 6.45) is 4.36. The molecule has 0 radical (unpaired) electrons. The standard InChI is InChI=1S/C14H14BrFN2/c1-17-14(11-4-6-18-7-5-11)9-10-2-3-13(16)12(15)8-10/h2-8,14,17H,9H2,1H3. The van der Waals surface area contributed by atoms with E-state index in [4.69, 9.17) is 0 Å². The molecule has 0 aliphatic rings. The Morgan fingerprint density at radius 1 is 1.28 bits per heavy atom. The molecule has 0 aliphatic carbocycles. The zero-order valence-corrected chi connectivity index (χ0v) is 11.6. The van der Waals surface area contributed by atoms with Gasteiger partial charge in [0, 0.05) is 18.4 Å². The zero-order chi connectivity index (χ0) is 13.0. The Morgan fingerprint density at radius 3 is 2.61 bits per heavy atom. The van der Waals surface area contributed by atoms with Crippen LogP contribution in [0.3, 0.4) is 0 Å². The Balaban J connectivity index is 2.18. The molecule has 0 aliphatic heterocycles. The van der Waals surface area contributed by atoms with E-state index in [1.54, 1.807) is 12.4 Å². The van der Waals surface area contributed by atoms with Crippen molar-refractivity contribution in [2.45, 2.75) is 12.5 Å². The van der Waals surface area contributed by atoms with Crippen molar-refractivity contribution in [1.29, 1.82) is 0 Å². The Kier molecular flexibility index (Phi) is 4.44. The van der Waals surface area contributed by atoms with Gasteiger partial charge in [0.25, 0.3) is 0 Å². The molecular formula is C14H14BrFN2. The summed E-state index contributed by atoms with van der Waals surface area (Å²) in [5.74, 6) is -0.233. The van der Waals surface area contributed by atoms with Crippen LogP contribution in [0.15, 0.2) is 47.2 Å². The van der Waals surface area contributed by atoms with Crippen LogP contribution in [-0.2, 0) is 6.42 Å². The molecule has 0 spiro atoms. The third kappa shape index (κ3) is 3.15. The highest BCUT2D eigenvalue weighted by molar-refractivity contribution is 9.10. The van der Waals surface area contributed by atoms with Gasteiger partial charge in [-0.1, -0.05) is 6.07 Å². The lowest BCUT2D eigenvalue weighted by atomic mass is 10.00. The van der Waals surface area contributed by atoms with Crippen LogP contribution in [0.25, 0.3) is 0 Å². The number of halogens is 2. The maximum atomic E-state index is 13.2. The van der Waals surface area contributed by atoms with Crippen LogP contribution < -0.4 is 5.32 Å². The minimum absolute atomic E-state index is 0.199. The fourth-order valence-electron chi connectivity index (χ4n) is 1.88. The van der Waals surface area contributed by atoms with Crippen molar-refractivity contribution in [1.82, 2.24) is 10.3 Å². The average Bonchev–Trinajstić information content (AvgIpc) is 2.41. The molecule has 1 heterocycles. The quantitative estimate of drug-likeness (QED) is 0.935. The first kappa shape index (κ1) is 13.2. The summed E-state index contributed by atoms with van der Waals surface area (Å²) < 4.78 is 13.7. The van der Waals surface area contributed by atoms with Crippen molar-refractivity contribution in [2.75, 3.05) is 7.05 Å². The summed E-state index contributed by atoms with van der Waals surface area (Å²) in [7, 11) is 1.92. The lowest BCUT2D eigenvalue weighted by Gasteiger charge is -2.16. The van der Waals surface area contributed by atoms with E-state index >= 15 is 0 Å². The summed E-state index contributed by atoms with van der Waals surface area (Å²) in [6, 6.07) is 9.29. The van der Waals surface area contributed by atoms with E-state index < -0.39 is 0 Å². The van der Waals surface area contributed by atoms with Gasteiger partial charge in [0.2, 0.25) is 0 Å². The summed E-state index contributed by atoms with van der Waals surface area (Å²) in [5, 5.41) is 3.26. The van der Waals surface area contributed by atoms with Crippen LogP contribution in [0.1, 0.15) is 17.2 Å². The molecule has 1 aromatic heterocycles. The summed E-state index contributed by atoms with van der Waals surface area (Å²) in [6.45, 7) is 0. The summed E-state index contributed by atoms with van der Waals surface area (Å²) in [5.41, 5.74) is 2.26. The number of rotatable bonds is 4. The first-order valence-corrected chi connectivity index (χ1v) is 6.51. The first-order valence-electron chi connectivity index (χ1n) is 5.72. The molecular weight excluding hydrogens is 295 g/mol. The number of likely N-dealkylation sites (N-methyl/N-ethyl adjacent to an activating group) is 1. The summed E-state index contributed by atoms with van der Waals surface area (Å²) >= 11 is 3.21. The van der Waals surface area contributed by atoms with E-state index in [0.29, 0.717) is 4.47 Å². The molecule has 1 N–H and O–H groups in total. The summed E-state index contributed by atoms with van der Waals surface area (Å²) in [4.78, 5) is 4.01. The average molecular weight is 309 g/mol. The van der Waals surface area contributed by atoms with Gasteiger partial charge in [-0.05, 0) is 64.8 Å². The molecule has 94 valence electrons. The highest BCUT2D eigenvalue weighted by Crippen LogP contribution is 2.22. The second-order valence-corrected chi connectivity index (χ2v) is 4.93. The highest BCUT2D eigenvalue weighted by Gasteiger charge is 2.10. The van der Waals surface area contributed by atoms with Crippen LogP contribution >= 0.6 is 15.9 Å². The largest absolute Gasteiger partial charge is 0.313 e. The predicted molar refractivity (Wildman–Crippen MR) is 73.8 cm³/mol. The van der Waals surface area contributed by atoms with E-state index in [1.807, 2.05) is 31.3 Å². The lowest BCUT2D eigenvalue weighted by Crippen LogP contribution is -2.18. The van der Waals surface area contributed by atoms with E-state index in [-0.39, 0.29) is 11.9 Å². The van der Waals surface area contributed by atoms with E-state index in [2.05, 4.69) is 26.2 Å². The maximum Gasteiger partial charge on any atom is 0.137 e. The molecule has 0 amide bonds.